The maximum atomic E-state index is 13.6. The SMILES string of the molecule is CC(=O)NC1C(OCCOCCOCCOCCNC(=O)CCOCCCOCC(COCCCOCCC(=O)NCCOCCOCCOCCOC2OC(CO)C(O)C(O)C2NC(C)=O)(COCCCOCCC(=O)NCCOCCOCCOCCOC2OC(CO)C(O)C(O)C2NC(C)=O)NC(=O)CCOC(C)C)OC(CO)C(O)C1O. The largest absolute Gasteiger partial charge is 0.394 e. The number of aliphatic hydroxyl groups excluding tert-OH is 9. The van der Waals surface area contributed by atoms with Gasteiger partial charge in [-0.2, -0.15) is 0 Å². The van der Waals surface area contributed by atoms with Crippen molar-refractivity contribution >= 4 is 41.4 Å². The zero-order chi connectivity index (χ0) is 88.5. The van der Waals surface area contributed by atoms with Crippen molar-refractivity contribution in [1.29, 1.82) is 0 Å². The van der Waals surface area contributed by atoms with Crippen LogP contribution in [0.1, 0.15) is 79.6 Å². The third-order valence-electron chi connectivity index (χ3n) is 17.7. The Balaban J connectivity index is 1.34. The van der Waals surface area contributed by atoms with Gasteiger partial charge in [0.2, 0.25) is 41.4 Å². The molecule has 0 bridgehead atoms. The number of carbonyl (C=O) groups excluding carboxylic acids is 7. The van der Waals surface area contributed by atoms with Crippen molar-refractivity contribution in [3.63, 3.8) is 0 Å². The quantitative estimate of drug-likeness (QED) is 0.0252. The number of carbonyl (C=O) groups is 7. The van der Waals surface area contributed by atoms with Gasteiger partial charge in [0.15, 0.2) is 18.9 Å². The van der Waals surface area contributed by atoms with Crippen molar-refractivity contribution in [1.82, 2.24) is 37.2 Å². The first-order chi connectivity index (χ1) is 58.5. The molecular weight excluding hydrogens is 1620 g/mol. The number of nitrogens with one attached hydrogen (secondary N) is 7. The Hall–Kier alpha value is -4.95. The van der Waals surface area contributed by atoms with Gasteiger partial charge >= 0.3 is 0 Å². The van der Waals surface area contributed by atoms with Crippen molar-refractivity contribution < 1.29 is 184 Å². The Morgan fingerprint density at radius 3 is 0.802 bits per heavy atom. The zero-order valence-corrected chi connectivity index (χ0v) is 70.8. The molecule has 0 aliphatic carbocycles. The lowest BCUT2D eigenvalue weighted by Crippen LogP contribution is -2.64. The standard InChI is InChI=1S/C76H141N7O38/c1-53(2)115-25-12-63(93)83-76(50-112-19-6-16-100-22-9-60(90)77-13-26-103-29-32-106-35-38-109-41-44-116-73-64(80-54(3)87)70(97)67(94)57(47-84)119-73,51-113-20-7-17-101-23-10-61(91)78-14-27-104-30-33-107-36-39-110-42-45-117-74-65(81-55(4)88)71(98)68(95)58(48-85)120-74)52-114-21-8-18-102-24-11-62(92)79-15-28-105-31-34-108-37-40-111-43-46-118-75-66(82-56(5)89)72(99)69(96)59(49-86)121-75/h53,57-59,64-75,84-86,94-99H,6-52H2,1-5H3,(H,77,90)(H,78,91)(H,79,92)(H,80,87)(H,81,88)(H,82,89)(H,83,93). The van der Waals surface area contributed by atoms with Crippen molar-refractivity contribution in [2.24, 2.45) is 0 Å². The first kappa shape index (κ1) is 110. The first-order valence-electron chi connectivity index (χ1n) is 41.4. The fourth-order valence-corrected chi connectivity index (χ4v) is 11.6. The van der Waals surface area contributed by atoms with Gasteiger partial charge in [0.25, 0.3) is 0 Å². The molecule has 3 heterocycles. The minimum Gasteiger partial charge on any atom is -0.394 e. The molecule has 0 radical (unpaired) electrons. The molecule has 3 aliphatic rings. The Morgan fingerprint density at radius 1 is 0.306 bits per heavy atom. The van der Waals surface area contributed by atoms with Gasteiger partial charge in [0.05, 0.1) is 211 Å². The summed E-state index contributed by atoms with van der Waals surface area (Å²) in [6, 6.07) is -3.17. The molecule has 121 heavy (non-hydrogen) atoms. The molecule has 3 fully saturated rings. The molecule has 0 aromatic carbocycles. The average Bonchev–Trinajstić information content (AvgIpc) is 0.800. The maximum Gasteiger partial charge on any atom is 0.222 e. The Kier molecular flexibility index (Phi) is 63.9. The molecule has 0 aromatic rings. The van der Waals surface area contributed by atoms with E-state index in [9.17, 15) is 79.5 Å². The molecule has 7 amide bonds. The second-order valence-electron chi connectivity index (χ2n) is 28.3. The summed E-state index contributed by atoms with van der Waals surface area (Å²) in [7, 11) is 0. The van der Waals surface area contributed by atoms with E-state index in [0.29, 0.717) is 19.3 Å². The third-order valence-corrected chi connectivity index (χ3v) is 17.7. The van der Waals surface area contributed by atoms with Gasteiger partial charge in [-0.05, 0) is 33.1 Å². The van der Waals surface area contributed by atoms with Crippen LogP contribution in [0, 0.1) is 0 Å². The number of aliphatic hydroxyl groups is 9. The predicted molar refractivity (Wildman–Crippen MR) is 420 cm³/mol. The van der Waals surface area contributed by atoms with Gasteiger partial charge in [-0.25, -0.2) is 0 Å². The molecule has 3 aliphatic heterocycles. The van der Waals surface area contributed by atoms with E-state index >= 15 is 0 Å². The van der Waals surface area contributed by atoms with E-state index in [1.165, 1.54) is 20.8 Å². The Bertz CT molecular complexity index is 2420. The molecule has 16 N–H and O–H groups in total. The van der Waals surface area contributed by atoms with Crippen molar-refractivity contribution in [2.75, 3.05) is 264 Å². The highest BCUT2D eigenvalue weighted by atomic mass is 16.7. The molecule has 0 aromatic heterocycles. The Labute approximate surface area is 707 Å². The molecule has 0 spiro atoms. The van der Waals surface area contributed by atoms with Crippen molar-refractivity contribution in [3.05, 3.63) is 0 Å². The van der Waals surface area contributed by atoms with Crippen LogP contribution in [0.15, 0.2) is 0 Å². The van der Waals surface area contributed by atoms with E-state index in [2.05, 4.69) is 37.2 Å². The summed E-state index contributed by atoms with van der Waals surface area (Å²) in [6.07, 6.45) is -13.6. The third kappa shape index (κ3) is 52.1. The summed E-state index contributed by atoms with van der Waals surface area (Å²) in [4.78, 5) is 86.0. The highest BCUT2D eigenvalue weighted by Crippen LogP contribution is 2.25. The molecule has 45 heteroatoms. The second kappa shape index (κ2) is 70.2. The lowest BCUT2D eigenvalue weighted by molar-refractivity contribution is -0.272. The molecule has 3 rings (SSSR count). The van der Waals surface area contributed by atoms with Gasteiger partial charge in [0, 0.05) is 106 Å². The molecule has 15 unspecified atom stereocenters. The number of hydrogen-bond donors (Lipinski definition) is 16. The molecule has 3 saturated heterocycles. The van der Waals surface area contributed by atoms with Crippen LogP contribution in [-0.2, 0) is 138 Å². The van der Waals surface area contributed by atoms with Crippen LogP contribution in [0.5, 0.6) is 0 Å². The van der Waals surface area contributed by atoms with E-state index < -0.39 is 135 Å². The lowest BCUT2D eigenvalue weighted by Gasteiger charge is -2.42. The van der Waals surface area contributed by atoms with Gasteiger partial charge < -0.3 is 187 Å². The van der Waals surface area contributed by atoms with Crippen molar-refractivity contribution in [2.45, 2.75) is 183 Å². The number of rotatable bonds is 77. The molecule has 708 valence electrons. The summed E-state index contributed by atoms with van der Waals surface area (Å²) >= 11 is 0. The highest BCUT2D eigenvalue weighted by Gasteiger charge is 2.48. The number of ether oxygens (including phenoxy) is 22. The van der Waals surface area contributed by atoms with Crippen LogP contribution >= 0.6 is 0 Å². The zero-order valence-electron chi connectivity index (χ0n) is 70.8. The van der Waals surface area contributed by atoms with E-state index in [4.69, 9.17) is 104 Å². The topological polar surface area (TPSA) is 589 Å². The predicted octanol–water partition coefficient (Wildman–Crippen LogP) is -7.52. The molecular formula is C76H141N7O38. The summed E-state index contributed by atoms with van der Waals surface area (Å²) in [5, 5.41) is 109. The van der Waals surface area contributed by atoms with Gasteiger partial charge in [-0.3, -0.25) is 33.6 Å². The second-order valence-corrected chi connectivity index (χ2v) is 28.3. The van der Waals surface area contributed by atoms with Crippen LogP contribution in [0.4, 0.5) is 0 Å². The van der Waals surface area contributed by atoms with Crippen LogP contribution in [0.25, 0.3) is 0 Å². The van der Waals surface area contributed by atoms with Crippen LogP contribution in [0.3, 0.4) is 0 Å². The first-order valence-corrected chi connectivity index (χ1v) is 41.4. The summed E-state index contributed by atoms with van der Waals surface area (Å²) in [5.41, 5.74) is -1.17. The molecule has 45 nitrogen and oxygen atoms in total. The van der Waals surface area contributed by atoms with Gasteiger partial charge in [0.1, 0.15) is 78.6 Å². The normalized spacial score (nSPS) is 23.5. The smallest absolute Gasteiger partial charge is 0.222 e. The van der Waals surface area contributed by atoms with Crippen LogP contribution in [0.2, 0.25) is 0 Å². The Morgan fingerprint density at radius 2 is 0.545 bits per heavy atom. The minimum absolute atomic E-state index is 0.0182. The molecule has 0 saturated carbocycles. The highest BCUT2D eigenvalue weighted by molar-refractivity contribution is 5.78. The fraction of sp³-hybridized carbons (Fsp3) is 0.908. The summed E-state index contributed by atoms with van der Waals surface area (Å²) < 4.78 is 125. The van der Waals surface area contributed by atoms with Crippen molar-refractivity contribution in [3.8, 4) is 0 Å². The maximum absolute atomic E-state index is 13.6. The van der Waals surface area contributed by atoms with Gasteiger partial charge in [-0.1, -0.05) is 0 Å². The lowest BCUT2D eigenvalue weighted by atomic mass is 9.97. The molecule has 15 atom stereocenters. The summed E-state index contributed by atoms with van der Waals surface area (Å²) in [5.74, 6) is -2.41. The van der Waals surface area contributed by atoms with Crippen LogP contribution < -0.4 is 37.2 Å². The summed E-state index contributed by atoms with van der Waals surface area (Å²) in [6.45, 7) is 12.9. The minimum atomic E-state index is -1.42. The van der Waals surface area contributed by atoms with E-state index in [1.54, 1.807) is 0 Å². The fourth-order valence-electron chi connectivity index (χ4n) is 11.6. The van der Waals surface area contributed by atoms with E-state index in [1.807, 2.05) is 13.8 Å². The average molecular weight is 1760 g/mol. The number of hydrogen-bond acceptors (Lipinski definition) is 38. The monoisotopic (exact) mass is 1760 g/mol. The number of amides is 7. The van der Waals surface area contributed by atoms with Gasteiger partial charge in [-0.15, -0.1) is 0 Å². The van der Waals surface area contributed by atoms with Crippen LogP contribution in [-0.4, -0.2) is 455 Å². The van der Waals surface area contributed by atoms with E-state index in [-0.39, 0.29) is 300 Å². The van der Waals surface area contributed by atoms with E-state index in [0.717, 1.165) is 0 Å².